The van der Waals surface area contributed by atoms with Gasteiger partial charge in [0.1, 0.15) is 5.75 Å². The Bertz CT molecular complexity index is 511. The van der Waals surface area contributed by atoms with Gasteiger partial charge in [-0.05, 0) is 17.4 Å². The molecule has 0 spiro atoms. The maximum Gasteiger partial charge on any atom is 0.127 e. The van der Waals surface area contributed by atoms with E-state index in [1.54, 1.807) is 7.11 Å². The van der Waals surface area contributed by atoms with Crippen molar-refractivity contribution in [3.8, 4) is 16.9 Å². The van der Waals surface area contributed by atoms with Gasteiger partial charge < -0.3 is 4.74 Å². The molecule has 0 aliphatic rings. The second-order valence-electron chi connectivity index (χ2n) is 3.40. The fraction of sp³-hybridized carbons (Fsp3) is 0.0769. The molecule has 16 heavy (non-hydrogen) atoms. The molecule has 2 rings (SSSR count). The van der Waals surface area contributed by atoms with Crippen LogP contribution in [0.15, 0.2) is 46.9 Å². The van der Waals surface area contributed by atoms with Gasteiger partial charge in [-0.25, -0.2) is 0 Å². The summed E-state index contributed by atoms with van der Waals surface area (Å²) < 4.78 is 6.47. The van der Waals surface area contributed by atoms with E-state index in [0.717, 1.165) is 26.7 Å². The number of hydrogen-bond donors (Lipinski definition) is 0. The van der Waals surface area contributed by atoms with Gasteiger partial charge in [-0.15, -0.1) is 9.24 Å². The summed E-state index contributed by atoms with van der Waals surface area (Å²) in [6, 6.07) is 14.2. The highest BCUT2D eigenvalue weighted by atomic mass is 79.9. The zero-order valence-corrected chi connectivity index (χ0v) is 11.6. The van der Waals surface area contributed by atoms with Gasteiger partial charge in [0.2, 0.25) is 0 Å². The van der Waals surface area contributed by atoms with Crippen LogP contribution >= 0.6 is 25.2 Å². The minimum absolute atomic E-state index is 0.888. The van der Waals surface area contributed by atoms with E-state index in [1.807, 2.05) is 30.3 Å². The molecule has 0 saturated carbocycles. The van der Waals surface area contributed by atoms with E-state index in [0.29, 0.717) is 0 Å². The zero-order valence-electron chi connectivity index (χ0n) is 8.91. The molecule has 0 aromatic heterocycles. The molecular formula is C13H12BrOP. The van der Waals surface area contributed by atoms with Crippen LogP contribution in [0.5, 0.6) is 5.75 Å². The van der Waals surface area contributed by atoms with Crippen molar-refractivity contribution < 1.29 is 4.74 Å². The molecule has 1 nitrogen and oxygen atoms in total. The molecule has 1 atom stereocenters. The van der Waals surface area contributed by atoms with Crippen LogP contribution in [0.25, 0.3) is 11.1 Å². The maximum atomic E-state index is 5.40. The van der Waals surface area contributed by atoms with Gasteiger partial charge in [0.15, 0.2) is 0 Å². The van der Waals surface area contributed by atoms with Crippen LogP contribution < -0.4 is 10.0 Å². The summed E-state index contributed by atoms with van der Waals surface area (Å²) in [7, 11) is 4.44. The van der Waals surface area contributed by atoms with E-state index in [-0.39, 0.29) is 0 Å². The highest BCUT2D eigenvalue weighted by Gasteiger charge is 2.10. The predicted molar refractivity (Wildman–Crippen MR) is 75.5 cm³/mol. The number of methoxy groups -OCH3 is 1. The minimum atomic E-state index is 0.888. The first-order chi connectivity index (χ1) is 7.74. The molecular weight excluding hydrogens is 283 g/mol. The molecule has 0 fully saturated rings. The number of benzene rings is 2. The van der Waals surface area contributed by atoms with Gasteiger partial charge in [-0.3, -0.25) is 0 Å². The van der Waals surface area contributed by atoms with Crippen LogP contribution in [-0.2, 0) is 0 Å². The summed E-state index contributed by atoms with van der Waals surface area (Å²) >= 11 is 3.57. The Kier molecular flexibility index (Phi) is 3.63. The third kappa shape index (κ3) is 2.14. The summed E-state index contributed by atoms with van der Waals surface area (Å²) in [6.45, 7) is 0. The second-order valence-corrected chi connectivity index (χ2v) is 4.88. The van der Waals surface area contributed by atoms with E-state index >= 15 is 0 Å². The van der Waals surface area contributed by atoms with Crippen molar-refractivity contribution in [3.63, 3.8) is 0 Å². The van der Waals surface area contributed by atoms with Crippen molar-refractivity contribution in [1.29, 1.82) is 0 Å². The predicted octanol–water partition coefficient (Wildman–Crippen LogP) is 3.63. The monoisotopic (exact) mass is 294 g/mol. The average Bonchev–Trinajstić information content (AvgIpc) is 2.30. The lowest BCUT2D eigenvalue weighted by molar-refractivity contribution is 0.417. The summed E-state index contributed by atoms with van der Waals surface area (Å²) in [5.74, 6) is 0.888. The lowest BCUT2D eigenvalue weighted by Crippen LogP contribution is -2.00. The van der Waals surface area contributed by atoms with Gasteiger partial charge in [0.05, 0.1) is 7.11 Å². The first-order valence-corrected chi connectivity index (χ1v) is 6.28. The Balaban J connectivity index is 2.68. The Morgan fingerprint density at radius 2 is 1.81 bits per heavy atom. The summed E-state index contributed by atoms with van der Waals surface area (Å²) in [6.07, 6.45) is 0. The van der Waals surface area contributed by atoms with Crippen molar-refractivity contribution in [2.45, 2.75) is 0 Å². The summed E-state index contributed by atoms with van der Waals surface area (Å²) in [4.78, 5) is 0. The molecule has 0 radical (unpaired) electrons. The van der Waals surface area contributed by atoms with Crippen LogP contribution in [-0.4, -0.2) is 7.11 Å². The minimum Gasteiger partial charge on any atom is -0.496 e. The molecule has 2 aromatic carbocycles. The SMILES string of the molecule is COc1cccc(P)c1-c1ccccc1Br. The standard InChI is InChI=1S/C13H12BrOP/c1-15-11-7-4-8-12(16)13(11)9-5-2-3-6-10(9)14/h2-8H,16H2,1H3. The number of ether oxygens (including phenoxy) is 1. The Morgan fingerprint density at radius 1 is 1.06 bits per heavy atom. The molecule has 0 bridgehead atoms. The Morgan fingerprint density at radius 3 is 2.50 bits per heavy atom. The molecule has 1 unspecified atom stereocenters. The molecule has 2 aromatic rings. The smallest absolute Gasteiger partial charge is 0.127 e. The summed E-state index contributed by atoms with van der Waals surface area (Å²) in [5, 5.41) is 1.13. The van der Waals surface area contributed by atoms with E-state index < -0.39 is 0 Å². The number of hydrogen-bond acceptors (Lipinski definition) is 1. The molecule has 82 valence electrons. The van der Waals surface area contributed by atoms with Crippen LogP contribution in [0.2, 0.25) is 0 Å². The number of rotatable bonds is 2. The molecule has 0 heterocycles. The topological polar surface area (TPSA) is 9.23 Å². The molecule has 3 heteroatoms. The third-order valence-corrected chi connectivity index (χ3v) is 3.59. The van der Waals surface area contributed by atoms with E-state index in [2.05, 4.69) is 37.3 Å². The molecule has 0 aliphatic carbocycles. The van der Waals surface area contributed by atoms with Crippen LogP contribution in [0.4, 0.5) is 0 Å². The fourth-order valence-electron chi connectivity index (χ4n) is 1.67. The van der Waals surface area contributed by atoms with Crippen molar-refractivity contribution in [1.82, 2.24) is 0 Å². The Labute approximate surface area is 106 Å². The second kappa shape index (κ2) is 4.99. The molecule has 0 saturated heterocycles. The van der Waals surface area contributed by atoms with Crippen molar-refractivity contribution in [3.05, 3.63) is 46.9 Å². The first kappa shape index (κ1) is 11.6. The zero-order chi connectivity index (χ0) is 11.5. The average molecular weight is 295 g/mol. The number of halogens is 1. The molecule has 0 aliphatic heterocycles. The van der Waals surface area contributed by atoms with Crippen molar-refractivity contribution in [2.75, 3.05) is 7.11 Å². The van der Waals surface area contributed by atoms with Crippen molar-refractivity contribution in [2.24, 2.45) is 0 Å². The van der Waals surface area contributed by atoms with Gasteiger partial charge >= 0.3 is 0 Å². The highest BCUT2D eigenvalue weighted by molar-refractivity contribution is 9.10. The fourth-order valence-corrected chi connectivity index (χ4v) is 2.56. The molecule has 0 amide bonds. The van der Waals surface area contributed by atoms with Crippen LogP contribution in [0.1, 0.15) is 0 Å². The maximum absolute atomic E-state index is 5.40. The summed E-state index contributed by atoms with van der Waals surface area (Å²) in [5.41, 5.74) is 2.26. The van der Waals surface area contributed by atoms with E-state index in [9.17, 15) is 0 Å². The molecule has 0 N–H and O–H groups in total. The third-order valence-electron chi connectivity index (χ3n) is 2.42. The normalized spacial score (nSPS) is 10.2. The quantitative estimate of drug-likeness (QED) is 0.769. The van der Waals surface area contributed by atoms with Gasteiger partial charge in [0.25, 0.3) is 0 Å². The van der Waals surface area contributed by atoms with Crippen LogP contribution in [0.3, 0.4) is 0 Å². The van der Waals surface area contributed by atoms with Crippen molar-refractivity contribution >= 4 is 30.5 Å². The lowest BCUT2D eigenvalue weighted by atomic mass is 10.0. The highest BCUT2D eigenvalue weighted by Crippen LogP contribution is 2.34. The van der Waals surface area contributed by atoms with E-state index in [1.165, 1.54) is 0 Å². The van der Waals surface area contributed by atoms with Gasteiger partial charge in [-0.1, -0.05) is 46.3 Å². The van der Waals surface area contributed by atoms with E-state index in [4.69, 9.17) is 4.74 Å². The first-order valence-electron chi connectivity index (χ1n) is 4.91. The Hall–Kier alpha value is -0.850. The van der Waals surface area contributed by atoms with Gasteiger partial charge in [0, 0.05) is 15.6 Å². The van der Waals surface area contributed by atoms with Crippen LogP contribution in [0, 0.1) is 0 Å². The largest absolute Gasteiger partial charge is 0.496 e. The lowest BCUT2D eigenvalue weighted by Gasteiger charge is -2.12. The van der Waals surface area contributed by atoms with Gasteiger partial charge in [-0.2, -0.15) is 0 Å².